The van der Waals surface area contributed by atoms with Crippen molar-refractivity contribution in [1.29, 1.82) is 0 Å². The molecule has 40 heavy (non-hydrogen) atoms. The Kier molecular flexibility index (Phi) is 8.24. The summed E-state index contributed by atoms with van der Waals surface area (Å²) in [5, 5.41) is 18.8. The van der Waals surface area contributed by atoms with Gasteiger partial charge < -0.3 is 15.2 Å². The van der Waals surface area contributed by atoms with E-state index in [0.717, 1.165) is 53.6 Å². The molecule has 1 heterocycles. The van der Waals surface area contributed by atoms with Crippen LogP contribution >= 0.6 is 0 Å². The summed E-state index contributed by atoms with van der Waals surface area (Å²) in [4.78, 5) is 38.1. The van der Waals surface area contributed by atoms with Gasteiger partial charge in [-0.15, -0.1) is 5.10 Å². The number of aliphatic carboxylic acids is 1. The number of carboxylic acids is 1. The van der Waals surface area contributed by atoms with Crippen LogP contribution in [0.4, 0.5) is 5.69 Å². The zero-order chi connectivity index (χ0) is 28.4. The molecule has 3 unspecified atom stereocenters. The molecule has 2 aromatic rings. The van der Waals surface area contributed by atoms with Gasteiger partial charge in [0.2, 0.25) is 11.8 Å². The number of nitrogens with zero attached hydrogens (tertiary/aromatic N) is 2. The minimum atomic E-state index is -0.800. The van der Waals surface area contributed by atoms with Crippen LogP contribution < -0.4 is 5.32 Å². The van der Waals surface area contributed by atoms with Crippen molar-refractivity contribution in [3.05, 3.63) is 64.7 Å². The van der Waals surface area contributed by atoms with E-state index in [-0.39, 0.29) is 36.2 Å². The number of fused-ring (bicyclic) bond motifs is 1. The molecule has 5 rings (SSSR count). The number of carbonyl (C=O) groups is 3. The van der Waals surface area contributed by atoms with Crippen molar-refractivity contribution in [3.8, 4) is 0 Å². The first-order chi connectivity index (χ1) is 19.2. The summed E-state index contributed by atoms with van der Waals surface area (Å²) >= 11 is 0. The molecular formula is C32H39N3O5. The van der Waals surface area contributed by atoms with Crippen LogP contribution in [-0.2, 0) is 32.1 Å². The maximum atomic E-state index is 13.9. The van der Waals surface area contributed by atoms with E-state index in [1.54, 1.807) is 0 Å². The van der Waals surface area contributed by atoms with Gasteiger partial charge in [0, 0.05) is 12.1 Å². The normalized spacial score (nSPS) is 21.6. The zero-order valence-corrected chi connectivity index (χ0v) is 23.6. The third kappa shape index (κ3) is 5.91. The summed E-state index contributed by atoms with van der Waals surface area (Å²) in [7, 11) is 0. The number of benzene rings is 2. The second-order valence-corrected chi connectivity index (χ2v) is 11.9. The smallest absolute Gasteiger partial charge is 0.307 e. The molecule has 8 heteroatoms. The van der Waals surface area contributed by atoms with Gasteiger partial charge >= 0.3 is 5.97 Å². The molecule has 2 aliphatic carbocycles. The van der Waals surface area contributed by atoms with E-state index >= 15 is 0 Å². The van der Waals surface area contributed by atoms with E-state index < -0.39 is 11.9 Å². The summed E-state index contributed by atoms with van der Waals surface area (Å²) in [5.41, 5.74) is 4.55. The SMILES string of the molecule is CC(C)CC1=NN(Cc2ccc(C(C(=O)Nc3cccc4c3CC(C(=O)O)C4C)C3CCCC3)cc2)C(=O)CO1. The van der Waals surface area contributed by atoms with Crippen LogP contribution in [0.1, 0.15) is 87.0 Å². The molecule has 0 aromatic heterocycles. The molecule has 1 aliphatic heterocycles. The second-order valence-electron chi connectivity index (χ2n) is 11.9. The van der Waals surface area contributed by atoms with Gasteiger partial charge in [-0.05, 0) is 65.3 Å². The van der Waals surface area contributed by atoms with Crippen LogP contribution in [0.5, 0.6) is 0 Å². The lowest BCUT2D eigenvalue weighted by molar-refractivity contribution is -0.142. The maximum absolute atomic E-state index is 13.9. The predicted molar refractivity (Wildman–Crippen MR) is 153 cm³/mol. The lowest BCUT2D eigenvalue weighted by Crippen LogP contribution is -2.36. The summed E-state index contributed by atoms with van der Waals surface area (Å²) in [6, 6.07) is 13.7. The van der Waals surface area contributed by atoms with E-state index in [1.165, 1.54) is 5.01 Å². The quantitative estimate of drug-likeness (QED) is 0.422. The molecule has 3 aliphatic rings. The van der Waals surface area contributed by atoms with Gasteiger partial charge in [-0.3, -0.25) is 14.4 Å². The Morgan fingerprint density at radius 3 is 2.52 bits per heavy atom. The van der Waals surface area contributed by atoms with Crippen molar-refractivity contribution >= 4 is 29.4 Å². The fourth-order valence-electron chi connectivity index (χ4n) is 6.44. The summed E-state index contributed by atoms with van der Waals surface area (Å²) in [5.74, 6) is -0.682. The maximum Gasteiger partial charge on any atom is 0.307 e. The summed E-state index contributed by atoms with van der Waals surface area (Å²) in [6.07, 6.45) is 5.33. The van der Waals surface area contributed by atoms with E-state index in [1.807, 2.05) is 49.4 Å². The van der Waals surface area contributed by atoms with Crippen LogP contribution in [0.2, 0.25) is 0 Å². The van der Waals surface area contributed by atoms with Gasteiger partial charge in [0.05, 0.1) is 18.4 Å². The first kappa shape index (κ1) is 27.9. The van der Waals surface area contributed by atoms with Crippen LogP contribution in [0.15, 0.2) is 47.6 Å². The standard InChI is InChI=1S/C32H39N3O5/c1-19(2)15-28-34-35(29(36)18-40-28)17-21-11-13-23(14-12-21)30(22-7-4-5-8-22)31(37)33-27-10-6-9-24-20(3)25(32(38)39)16-26(24)27/h6,9-14,19-20,22,25,30H,4-5,7-8,15-18H2,1-3H3,(H,33,37)(H,38,39). The van der Waals surface area contributed by atoms with E-state index in [2.05, 4.69) is 24.3 Å². The largest absolute Gasteiger partial charge is 0.481 e. The number of ether oxygens (including phenoxy) is 1. The molecule has 0 radical (unpaired) electrons. The predicted octanol–water partition coefficient (Wildman–Crippen LogP) is 5.68. The van der Waals surface area contributed by atoms with Crippen molar-refractivity contribution < 1.29 is 24.2 Å². The van der Waals surface area contributed by atoms with Gasteiger partial charge in [-0.25, -0.2) is 5.01 Å². The zero-order valence-electron chi connectivity index (χ0n) is 23.6. The molecule has 0 saturated heterocycles. The summed E-state index contributed by atoms with van der Waals surface area (Å²) in [6.45, 7) is 6.47. The van der Waals surface area contributed by atoms with Crippen molar-refractivity contribution in [1.82, 2.24) is 5.01 Å². The molecular weight excluding hydrogens is 506 g/mol. The number of rotatable bonds is 9. The Labute approximate surface area is 235 Å². The van der Waals surface area contributed by atoms with Gasteiger partial charge in [-0.2, -0.15) is 0 Å². The van der Waals surface area contributed by atoms with Gasteiger partial charge in [0.25, 0.3) is 5.91 Å². The van der Waals surface area contributed by atoms with Crippen molar-refractivity contribution in [3.63, 3.8) is 0 Å². The number of carboxylic acid groups (broad SMARTS) is 1. The number of amides is 2. The third-order valence-electron chi connectivity index (χ3n) is 8.60. The molecule has 0 spiro atoms. The Hall–Kier alpha value is -3.68. The fraction of sp³-hybridized carbons (Fsp3) is 0.500. The van der Waals surface area contributed by atoms with Crippen LogP contribution in [-0.4, -0.2) is 40.4 Å². The monoisotopic (exact) mass is 545 g/mol. The molecule has 212 valence electrons. The highest BCUT2D eigenvalue weighted by molar-refractivity contribution is 5.97. The molecule has 1 saturated carbocycles. The van der Waals surface area contributed by atoms with E-state index in [4.69, 9.17) is 4.74 Å². The van der Waals surface area contributed by atoms with Gasteiger partial charge in [-0.1, -0.05) is 70.0 Å². The Bertz CT molecular complexity index is 1300. The third-order valence-corrected chi connectivity index (χ3v) is 8.60. The summed E-state index contributed by atoms with van der Waals surface area (Å²) < 4.78 is 5.49. The highest BCUT2D eigenvalue weighted by Gasteiger charge is 2.37. The molecule has 0 bridgehead atoms. The molecule has 3 atom stereocenters. The molecule has 2 aromatic carbocycles. The average Bonchev–Trinajstić information content (AvgIpc) is 3.56. The molecule has 8 nitrogen and oxygen atoms in total. The second kappa shape index (κ2) is 11.8. The number of carbonyl (C=O) groups excluding carboxylic acids is 2. The molecule has 2 N–H and O–H groups in total. The van der Waals surface area contributed by atoms with E-state index in [0.29, 0.717) is 31.2 Å². The number of hydrazone groups is 1. The Balaban J connectivity index is 1.34. The van der Waals surface area contributed by atoms with Gasteiger partial charge in [0.15, 0.2) is 6.61 Å². The van der Waals surface area contributed by atoms with Gasteiger partial charge in [0.1, 0.15) is 0 Å². The van der Waals surface area contributed by atoms with Crippen molar-refractivity contribution in [2.75, 3.05) is 11.9 Å². The van der Waals surface area contributed by atoms with Crippen molar-refractivity contribution in [2.45, 2.75) is 77.7 Å². The average molecular weight is 546 g/mol. The van der Waals surface area contributed by atoms with Crippen LogP contribution in [0, 0.1) is 17.8 Å². The van der Waals surface area contributed by atoms with Crippen LogP contribution in [0.25, 0.3) is 0 Å². The highest BCUT2D eigenvalue weighted by atomic mass is 16.5. The number of hydrogen-bond donors (Lipinski definition) is 2. The Morgan fingerprint density at radius 2 is 1.85 bits per heavy atom. The molecule has 2 amide bonds. The van der Waals surface area contributed by atoms with Crippen LogP contribution in [0.3, 0.4) is 0 Å². The fourth-order valence-corrected chi connectivity index (χ4v) is 6.44. The Morgan fingerprint density at radius 1 is 1.12 bits per heavy atom. The number of anilines is 1. The highest BCUT2D eigenvalue weighted by Crippen LogP contribution is 2.43. The minimum absolute atomic E-state index is 0.00272. The minimum Gasteiger partial charge on any atom is -0.481 e. The van der Waals surface area contributed by atoms with E-state index in [9.17, 15) is 19.5 Å². The lowest BCUT2D eigenvalue weighted by atomic mass is 9.83. The van der Waals surface area contributed by atoms with Crippen molar-refractivity contribution in [2.24, 2.45) is 22.9 Å². The number of hydrogen-bond acceptors (Lipinski definition) is 5. The topological polar surface area (TPSA) is 108 Å². The molecule has 1 fully saturated rings. The first-order valence-electron chi connectivity index (χ1n) is 14.5. The number of nitrogens with one attached hydrogen (secondary N) is 1. The first-order valence-corrected chi connectivity index (χ1v) is 14.5. The lowest BCUT2D eigenvalue weighted by Gasteiger charge is -2.26.